The van der Waals surface area contributed by atoms with Gasteiger partial charge < -0.3 is 19.7 Å². The lowest BCUT2D eigenvalue weighted by Crippen LogP contribution is -2.25. The molecule has 0 unspecified atom stereocenters. The van der Waals surface area contributed by atoms with E-state index in [9.17, 15) is 9.59 Å². The van der Waals surface area contributed by atoms with Crippen LogP contribution in [0.15, 0.2) is 46.6 Å². The Labute approximate surface area is 187 Å². The number of aryl methyl sites for hydroxylation is 1. The molecule has 0 aliphatic carbocycles. The number of aromatic nitrogens is 1. The molecule has 8 heteroatoms. The topological polar surface area (TPSA) is 82.6 Å². The highest BCUT2D eigenvalue weighted by molar-refractivity contribution is 7.17. The predicted octanol–water partition coefficient (Wildman–Crippen LogP) is 5.61. The van der Waals surface area contributed by atoms with Crippen LogP contribution >= 0.6 is 22.9 Å². The molecule has 0 saturated heterocycles. The Hall–Kier alpha value is -3.03. The minimum atomic E-state index is -0.921. The SMILES string of the molecule is COc1cc(Cl)c2[nH]c(=O)c3sccc3c2c1-c1ccc(CCCN(C)C(=O)O)cc1. The summed E-state index contributed by atoms with van der Waals surface area (Å²) < 4.78 is 6.30. The molecule has 0 aliphatic rings. The number of rotatable bonds is 6. The average Bonchev–Trinajstić information content (AvgIpc) is 3.25. The van der Waals surface area contributed by atoms with Crippen molar-refractivity contribution >= 4 is 50.0 Å². The number of aromatic amines is 1. The maximum atomic E-state index is 12.5. The second kappa shape index (κ2) is 8.61. The fraction of sp³-hybridized carbons (Fsp3) is 0.217. The van der Waals surface area contributed by atoms with Gasteiger partial charge in [-0.1, -0.05) is 35.9 Å². The first kappa shape index (κ1) is 21.2. The van der Waals surface area contributed by atoms with E-state index < -0.39 is 6.09 Å². The number of H-pyrrole nitrogens is 1. The van der Waals surface area contributed by atoms with Crippen molar-refractivity contribution in [2.45, 2.75) is 12.8 Å². The van der Waals surface area contributed by atoms with Crippen LogP contribution in [0, 0.1) is 0 Å². The molecule has 0 spiro atoms. The zero-order chi connectivity index (χ0) is 22.1. The highest BCUT2D eigenvalue weighted by atomic mass is 35.5. The van der Waals surface area contributed by atoms with Crippen molar-refractivity contribution in [2.75, 3.05) is 20.7 Å². The zero-order valence-electron chi connectivity index (χ0n) is 17.1. The third-order valence-corrected chi connectivity index (χ3v) is 6.58. The number of ether oxygens (including phenoxy) is 1. The molecule has 160 valence electrons. The molecular formula is C23H21ClN2O4S. The molecule has 2 aromatic carbocycles. The smallest absolute Gasteiger partial charge is 0.407 e. The average molecular weight is 457 g/mol. The van der Waals surface area contributed by atoms with E-state index in [0.717, 1.165) is 40.3 Å². The zero-order valence-corrected chi connectivity index (χ0v) is 18.6. The van der Waals surface area contributed by atoms with Gasteiger partial charge in [0, 0.05) is 36.0 Å². The molecule has 2 N–H and O–H groups in total. The molecule has 6 nitrogen and oxygen atoms in total. The number of nitrogens with zero attached hydrogens (tertiary/aromatic N) is 1. The van der Waals surface area contributed by atoms with E-state index in [2.05, 4.69) is 4.98 Å². The molecule has 2 heterocycles. The summed E-state index contributed by atoms with van der Waals surface area (Å²) in [6.45, 7) is 0.482. The van der Waals surface area contributed by atoms with Crippen molar-refractivity contribution in [2.24, 2.45) is 0 Å². The summed E-state index contributed by atoms with van der Waals surface area (Å²) in [6, 6.07) is 11.8. The summed E-state index contributed by atoms with van der Waals surface area (Å²) in [5.74, 6) is 0.632. The number of hydrogen-bond acceptors (Lipinski definition) is 4. The monoisotopic (exact) mass is 456 g/mol. The second-order valence-corrected chi connectivity index (χ2v) is 8.63. The fourth-order valence-corrected chi connectivity index (χ4v) is 4.81. The highest BCUT2D eigenvalue weighted by Gasteiger charge is 2.19. The fourth-order valence-electron chi connectivity index (χ4n) is 3.77. The Bertz CT molecular complexity index is 1330. The molecule has 4 rings (SSSR count). The second-order valence-electron chi connectivity index (χ2n) is 7.31. The van der Waals surface area contributed by atoms with Gasteiger partial charge in [0.1, 0.15) is 10.4 Å². The first-order valence-corrected chi connectivity index (χ1v) is 11.0. The number of nitrogens with one attached hydrogen (secondary N) is 1. The standard InChI is InChI=1S/C23H21ClN2O4S/c1-26(23(28)29)10-3-4-13-5-7-14(8-6-13)18-17(30-2)12-16(24)20-19(18)15-9-11-31-21(15)22(27)25-20/h5-9,11-12H,3-4,10H2,1-2H3,(H,25,27)(H,28,29). The minimum absolute atomic E-state index is 0.155. The number of pyridine rings is 1. The molecule has 0 aliphatic heterocycles. The van der Waals surface area contributed by atoms with Crippen molar-refractivity contribution in [3.05, 3.63) is 62.7 Å². The predicted molar refractivity (Wildman–Crippen MR) is 126 cm³/mol. The van der Waals surface area contributed by atoms with Crippen LogP contribution < -0.4 is 10.3 Å². The lowest BCUT2D eigenvalue weighted by molar-refractivity contribution is 0.155. The Kier molecular flexibility index (Phi) is 5.89. The number of methoxy groups -OCH3 is 1. The van der Waals surface area contributed by atoms with Gasteiger partial charge >= 0.3 is 6.09 Å². The lowest BCUT2D eigenvalue weighted by Gasteiger charge is -2.15. The summed E-state index contributed by atoms with van der Waals surface area (Å²) in [7, 11) is 3.17. The van der Waals surface area contributed by atoms with Crippen LogP contribution in [0.5, 0.6) is 5.75 Å². The van der Waals surface area contributed by atoms with Crippen molar-refractivity contribution in [1.82, 2.24) is 9.88 Å². The normalized spacial score (nSPS) is 11.2. The molecule has 0 saturated carbocycles. The molecule has 0 radical (unpaired) electrons. The van der Waals surface area contributed by atoms with Gasteiger partial charge in [-0.15, -0.1) is 11.3 Å². The Balaban J connectivity index is 1.77. The van der Waals surface area contributed by atoms with Gasteiger partial charge in [0.2, 0.25) is 0 Å². The highest BCUT2D eigenvalue weighted by Crippen LogP contribution is 2.43. The third kappa shape index (κ3) is 3.98. The van der Waals surface area contributed by atoms with Gasteiger partial charge in [-0.05, 0) is 35.4 Å². The van der Waals surface area contributed by atoms with E-state index in [1.54, 1.807) is 20.2 Å². The van der Waals surface area contributed by atoms with Crippen LogP contribution in [0.4, 0.5) is 4.79 Å². The number of carbonyl (C=O) groups is 1. The van der Waals surface area contributed by atoms with E-state index >= 15 is 0 Å². The van der Waals surface area contributed by atoms with Gasteiger partial charge in [-0.25, -0.2) is 4.79 Å². The van der Waals surface area contributed by atoms with Gasteiger partial charge in [-0.3, -0.25) is 4.79 Å². The Morgan fingerprint density at radius 1 is 1.26 bits per heavy atom. The van der Waals surface area contributed by atoms with Gasteiger partial charge in [-0.2, -0.15) is 0 Å². The van der Waals surface area contributed by atoms with Crippen LogP contribution in [0.1, 0.15) is 12.0 Å². The molecular weight excluding hydrogens is 436 g/mol. The molecule has 0 fully saturated rings. The van der Waals surface area contributed by atoms with Crippen LogP contribution in [-0.2, 0) is 6.42 Å². The molecule has 4 aromatic rings. The summed E-state index contributed by atoms with van der Waals surface area (Å²) in [4.78, 5) is 27.6. The van der Waals surface area contributed by atoms with Crippen molar-refractivity contribution in [1.29, 1.82) is 0 Å². The van der Waals surface area contributed by atoms with Crippen LogP contribution in [0.25, 0.3) is 32.1 Å². The van der Waals surface area contributed by atoms with E-state index in [1.807, 2.05) is 35.7 Å². The van der Waals surface area contributed by atoms with Crippen molar-refractivity contribution in [3.8, 4) is 16.9 Å². The van der Waals surface area contributed by atoms with E-state index in [1.165, 1.54) is 16.2 Å². The Morgan fingerprint density at radius 3 is 2.68 bits per heavy atom. The number of fused-ring (bicyclic) bond motifs is 3. The third-order valence-electron chi connectivity index (χ3n) is 5.37. The summed E-state index contributed by atoms with van der Waals surface area (Å²) in [5.41, 5.74) is 3.38. The number of thiophene rings is 1. The number of halogens is 1. The van der Waals surface area contributed by atoms with Crippen LogP contribution in [-0.4, -0.2) is 41.8 Å². The van der Waals surface area contributed by atoms with E-state index in [-0.39, 0.29) is 5.56 Å². The number of hydrogen-bond donors (Lipinski definition) is 2. The molecule has 1 amide bonds. The molecule has 2 aromatic heterocycles. The molecule has 0 atom stereocenters. The van der Waals surface area contributed by atoms with E-state index in [0.29, 0.717) is 27.5 Å². The summed E-state index contributed by atoms with van der Waals surface area (Å²) in [5, 5.41) is 13.0. The maximum Gasteiger partial charge on any atom is 0.407 e. The van der Waals surface area contributed by atoms with Gasteiger partial charge in [0.15, 0.2) is 0 Å². The first-order valence-electron chi connectivity index (χ1n) is 9.73. The van der Waals surface area contributed by atoms with Crippen molar-refractivity contribution < 1.29 is 14.6 Å². The van der Waals surface area contributed by atoms with Gasteiger partial charge in [0.25, 0.3) is 5.56 Å². The number of carboxylic acid groups (broad SMARTS) is 1. The lowest BCUT2D eigenvalue weighted by atomic mass is 9.96. The summed E-state index contributed by atoms with van der Waals surface area (Å²) in [6.07, 6.45) is 0.597. The largest absolute Gasteiger partial charge is 0.496 e. The van der Waals surface area contributed by atoms with Crippen molar-refractivity contribution in [3.63, 3.8) is 0 Å². The Morgan fingerprint density at radius 2 is 2.00 bits per heavy atom. The van der Waals surface area contributed by atoms with Crippen LogP contribution in [0.3, 0.4) is 0 Å². The quantitative estimate of drug-likeness (QED) is 0.394. The van der Waals surface area contributed by atoms with E-state index in [4.69, 9.17) is 21.4 Å². The van der Waals surface area contributed by atoms with Gasteiger partial charge in [0.05, 0.1) is 17.6 Å². The first-order chi connectivity index (χ1) is 14.9. The molecule has 0 bridgehead atoms. The van der Waals surface area contributed by atoms with Crippen LogP contribution in [0.2, 0.25) is 5.02 Å². The maximum absolute atomic E-state index is 12.5. The number of benzene rings is 2. The minimum Gasteiger partial charge on any atom is -0.496 e. The number of amides is 1. The molecule has 31 heavy (non-hydrogen) atoms. The summed E-state index contributed by atoms with van der Waals surface area (Å²) >= 11 is 7.87.